The second-order valence-electron chi connectivity index (χ2n) is 2.52. The Kier molecular flexibility index (Phi) is 2.59. The van der Waals surface area contributed by atoms with Gasteiger partial charge < -0.3 is 21.3 Å². The first-order valence-corrected chi connectivity index (χ1v) is 3.64. The van der Waals surface area contributed by atoms with Gasteiger partial charge in [-0.1, -0.05) is 0 Å². The van der Waals surface area contributed by atoms with Crippen molar-refractivity contribution in [2.45, 2.75) is 0 Å². The maximum atomic E-state index is 10.4. The minimum absolute atomic E-state index is 0.00971. The Morgan fingerprint density at radius 2 is 2.08 bits per heavy atom. The fourth-order valence-electron chi connectivity index (χ4n) is 0.823. The molecule has 5 N–H and O–H groups in total. The van der Waals surface area contributed by atoms with Gasteiger partial charge in [-0.05, 0) is 12.1 Å². The molecule has 0 spiro atoms. The van der Waals surface area contributed by atoms with Crippen molar-refractivity contribution in [3.05, 3.63) is 18.2 Å². The zero-order valence-corrected chi connectivity index (χ0v) is 6.82. The number of primary amides is 1. The van der Waals surface area contributed by atoms with Gasteiger partial charge in [0.15, 0.2) is 11.5 Å². The summed E-state index contributed by atoms with van der Waals surface area (Å²) in [6.07, 6.45) is 0. The molecule has 0 atom stereocenters. The molecule has 1 rings (SSSR count). The summed E-state index contributed by atoms with van der Waals surface area (Å²) in [5.74, 6) is -0.938. The van der Waals surface area contributed by atoms with E-state index in [1.165, 1.54) is 18.2 Å². The molecule has 0 fully saturated rings. The summed E-state index contributed by atoms with van der Waals surface area (Å²) in [6.45, 7) is -0.00971. The number of carbonyl (C=O) groups excluding carboxylic acids is 1. The van der Waals surface area contributed by atoms with E-state index in [-0.39, 0.29) is 18.0 Å². The molecule has 1 amide bonds. The van der Waals surface area contributed by atoms with Gasteiger partial charge in [-0.25, -0.2) is 0 Å². The van der Waals surface area contributed by atoms with Gasteiger partial charge in [0.1, 0.15) is 0 Å². The van der Waals surface area contributed by atoms with Gasteiger partial charge in [0.25, 0.3) is 0 Å². The lowest BCUT2D eigenvalue weighted by Crippen LogP contribution is -2.21. The molecule has 5 nitrogen and oxygen atoms in total. The molecule has 0 aliphatic carbocycles. The van der Waals surface area contributed by atoms with Crippen molar-refractivity contribution in [1.29, 1.82) is 0 Å². The lowest BCUT2D eigenvalue weighted by molar-refractivity contribution is -0.116. The Hall–Kier alpha value is -1.91. The topological polar surface area (TPSA) is 95.6 Å². The molecule has 0 aliphatic heterocycles. The Balaban J connectivity index is 2.68. The number of hydrogen-bond acceptors (Lipinski definition) is 4. The number of carbonyl (C=O) groups is 1. The van der Waals surface area contributed by atoms with Crippen molar-refractivity contribution in [3.8, 4) is 11.5 Å². The number of rotatable bonds is 3. The van der Waals surface area contributed by atoms with Crippen molar-refractivity contribution in [1.82, 2.24) is 0 Å². The molecule has 70 valence electrons. The number of phenols is 2. The van der Waals surface area contributed by atoms with Crippen LogP contribution in [0.4, 0.5) is 5.69 Å². The Morgan fingerprint density at radius 1 is 1.38 bits per heavy atom. The number of nitrogens with two attached hydrogens (primary N) is 1. The predicted molar refractivity (Wildman–Crippen MR) is 47.5 cm³/mol. The van der Waals surface area contributed by atoms with Crippen LogP contribution in [0.1, 0.15) is 0 Å². The highest BCUT2D eigenvalue weighted by atomic mass is 16.3. The first-order valence-electron chi connectivity index (χ1n) is 3.64. The second kappa shape index (κ2) is 3.66. The fourth-order valence-corrected chi connectivity index (χ4v) is 0.823. The standard InChI is InChI=1S/C8H10N2O3/c9-8(13)4-10-5-1-2-6(11)7(12)3-5/h1-3,10-12H,4H2,(H2,9,13). The highest BCUT2D eigenvalue weighted by Crippen LogP contribution is 2.26. The van der Waals surface area contributed by atoms with Crippen molar-refractivity contribution < 1.29 is 15.0 Å². The molecule has 0 radical (unpaired) electrons. The van der Waals surface area contributed by atoms with Gasteiger partial charge in [0.05, 0.1) is 6.54 Å². The molecule has 1 aromatic rings. The van der Waals surface area contributed by atoms with Crippen LogP contribution in [0.15, 0.2) is 18.2 Å². The van der Waals surface area contributed by atoms with Gasteiger partial charge in [-0.15, -0.1) is 0 Å². The van der Waals surface area contributed by atoms with Crippen LogP contribution in [0, 0.1) is 0 Å². The number of anilines is 1. The molecular weight excluding hydrogens is 172 g/mol. The van der Waals surface area contributed by atoms with Crippen LogP contribution in [0.25, 0.3) is 0 Å². The average molecular weight is 182 g/mol. The van der Waals surface area contributed by atoms with E-state index < -0.39 is 5.91 Å². The molecule has 0 unspecified atom stereocenters. The van der Waals surface area contributed by atoms with E-state index in [2.05, 4.69) is 5.32 Å². The normalized spacial score (nSPS) is 9.54. The highest BCUT2D eigenvalue weighted by Gasteiger charge is 2.00. The summed E-state index contributed by atoms with van der Waals surface area (Å²) in [5, 5.41) is 20.7. The van der Waals surface area contributed by atoms with Gasteiger partial charge in [-0.3, -0.25) is 4.79 Å². The minimum atomic E-state index is -0.493. The van der Waals surface area contributed by atoms with Gasteiger partial charge in [-0.2, -0.15) is 0 Å². The van der Waals surface area contributed by atoms with Crippen LogP contribution in [0.2, 0.25) is 0 Å². The van der Waals surface area contributed by atoms with E-state index in [9.17, 15) is 4.79 Å². The zero-order valence-electron chi connectivity index (χ0n) is 6.82. The van der Waals surface area contributed by atoms with Crippen molar-refractivity contribution in [2.75, 3.05) is 11.9 Å². The monoisotopic (exact) mass is 182 g/mol. The van der Waals surface area contributed by atoms with Crippen LogP contribution in [0.5, 0.6) is 11.5 Å². The number of phenolic OH excluding ortho intramolecular Hbond substituents is 2. The summed E-state index contributed by atoms with van der Waals surface area (Å²) < 4.78 is 0. The van der Waals surface area contributed by atoms with Crippen molar-refractivity contribution in [3.63, 3.8) is 0 Å². The fraction of sp³-hybridized carbons (Fsp3) is 0.125. The molecule has 5 heteroatoms. The molecule has 0 saturated carbocycles. The minimum Gasteiger partial charge on any atom is -0.504 e. The summed E-state index contributed by atoms with van der Waals surface area (Å²) >= 11 is 0. The summed E-state index contributed by atoms with van der Waals surface area (Å²) in [7, 11) is 0. The number of aromatic hydroxyl groups is 2. The predicted octanol–water partition coefficient (Wildman–Crippen LogP) is -0.00500. The zero-order chi connectivity index (χ0) is 9.84. The van der Waals surface area contributed by atoms with Crippen molar-refractivity contribution in [2.24, 2.45) is 5.73 Å². The summed E-state index contributed by atoms with van der Waals surface area (Å²) in [5.41, 5.74) is 5.42. The quantitative estimate of drug-likeness (QED) is 0.390. The van der Waals surface area contributed by atoms with Crippen LogP contribution in [-0.4, -0.2) is 22.7 Å². The van der Waals surface area contributed by atoms with E-state index in [1.54, 1.807) is 0 Å². The van der Waals surface area contributed by atoms with Gasteiger partial charge in [0.2, 0.25) is 5.91 Å². The largest absolute Gasteiger partial charge is 0.504 e. The number of nitrogens with one attached hydrogen (secondary N) is 1. The SMILES string of the molecule is NC(=O)CNc1ccc(O)c(O)c1. The highest BCUT2D eigenvalue weighted by molar-refractivity contribution is 5.78. The lowest BCUT2D eigenvalue weighted by atomic mass is 10.3. The third kappa shape index (κ3) is 2.55. The smallest absolute Gasteiger partial charge is 0.236 e. The van der Waals surface area contributed by atoms with Crippen LogP contribution in [-0.2, 0) is 4.79 Å². The molecular formula is C8H10N2O3. The Bertz CT molecular complexity index is 325. The van der Waals surface area contributed by atoms with Crippen LogP contribution in [0.3, 0.4) is 0 Å². The Labute approximate surface area is 74.8 Å². The maximum Gasteiger partial charge on any atom is 0.236 e. The van der Waals surface area contributed by atoms with Gasteiger partial charge in [0, 0.05) is 11.8 Å². The van der Waals surface area contributed by atoms with Crippen molar-refractivity contribution >= 4 is 11.6 Å². The average Bonchev–Trinajstić information content (AvgIpc) is 2.07. The van der Waals surface area contributed by atoms with E-state index in [4.69, 9.17) is 15.9 Å². The molecule has 0 aromatic heterocycles. The lowest BCUT2D eigenvalue weighted by Gasteiger charge is -2.04. The number of hydrogen-bond donors (Lipinski definition) is 4. The first-order chi connectivity index (χ1) is 6.09. The third-order valence-corrected chi connectivity index (χ3v) is 1.44. The second-order valence-corrected chi connectivity index (χ2v) is 2.52. The summed E-state index contributed by atoms with van der Waals surface area (Å²) in [6, 6.07) is 4.15. The molecule has 0 aliphatic rings. The van der Waals surface area contributed by atoms with Gasteiger partial charge >= 0.3 is 0 Å². The van der Waals surface area contributed by atoms with Crippen LogP contribution < -0.4 is 11.1 Å². The van der Waals surface area contributed by atoms with E-state index in [1.807, 2.05) is 0 Å². The summed E-state index contributed by atoms with van der Waals surface area (Å²) in [4.78, 5) is 10.4. The maximum absolute atomic E-state index is 10.4. The number of benzene rings is 1. The van der Waals surface area contributed by atoms with E-state index in [0.29, 0.717) is 5.69 Å². The van der Waals surface area contributed by atoms with E-state index >= 15 is 0 Å². The molecule has 0 bridgehead atoms. The molecule has 0 saturated heterocycles. The molecule has 0 heterocycles. The molecule has 13 heavy (non-hydrogen) atoms. The third-order valence-electron chi connectivity index (χ3n) is 1.44. The first kappa shape index (κ1) is 9.18. The van der Waals surface area contributed by atoms with E-state index in [0.717, 1.165) is 0 Å². The van der Waals surface area contributed by atoms with Crippen LogP contribution >= 0.6 is 0 Å². The molecule has 1 aromatic carbocycles. The Morgan fingerprint density at radius 3 is 2.62 bits per heavy atom. The number of amides is 1.